The van der Waals surface area contributed by atoms with Crippen molar-refractivity contribution in [2.75, 3.05) is 13.1 Å². The van der Waals surface area contributed by atoms with Crippen molar-refractivity contribution >= 4 is 21.8 Å². The third-order valence-electron chi connectivity index (χ3n) is 3.58. The summed E-state index contributed by atoms with van der Waals surface area (Å²) in [4.78, 5) is 12.1. The molecular weight excluding hydrogens is 292 g/mol. The Hall–Kier alpha value is -0.870. The largest absolute Gasteiger partial charge is 0.349 e. The van der Waals surface area contributed by atoms with Crippen LogP contribution in [0.25, 0.3) is 0 Å². The second-order valence-corrected chi connectivity index (χ2v) is 5.94. The molecule has 18 heavy (non-hydrogen) atoms. The van der Waals surface area contributed by atoms with Gasteiger partial charge in [0.2, 0.25) is 5.91 Å². The van der Waals surface area contributed by atoms with Gasteiger partial charge in [-0.1, -0.05) is 35.0 Å². The fourth-order valence-corrected chi connectivity index (χ4v) is 2.58. The first-order valence-corrected chi connectivity index (χ1v) is 7.14. The van der Waals surface area contributed by atoms with Crippen molar-refractivity contribution in [2.45, 2.75) is 19.9 Å². The zero-order chi connectivity index (χ0) is 13.1. The molecule has 3 atom stereocenters. The van der Waals surface area contributed by atoms with E-state index in [1.807, 2.05) is 31.2 Å². The van der Waals surface area contributed by atoms with Crippen molar-refractivity contribution in [1.82, 2.24) is 10.6 Å². The molecule has 1 amide bonds. The molecule has 0 saturated carbocycles. The molecular formula is C14H19BrN2O. The molecule has 98 valence electrons. The van der Waals surface area contributed by atoms with Crippen molar-refractivity contribution in [3.63, 3.8) is 0 Å². The van der Waals surface area contributed by atoms with E-state index in [0.717, 1.165) is 23.1 Å². The first kappa shape index (κ1) is 13.6. The number of hydrogen-bond acceptors (Lipinski definition) is 2. The molecule has 2 N–H and O–H groups in total. The summed E-state index contributed by atoms with van der Waals surface area (Å²) in [6.45, 7) is 5.87. The number of carbonyl (C=O) groups is 1. The minimum absolute atomic E-state index is 0.0541. The standard InChI is InChI=1S/C14H19BrN2O/c1-9-7-16-8-13(9)14(18)17-10(2)11-3-5-12(15)6-4-11/h3-6,9-10,13,16H,7-8H2,1-2H3,(H,17,18)/t9-,10?,13-/m1/s1. The number of carbonyl (C=O) groups excluding carboxylic acids is 1. The second-order valence-electron chi connectivity index (χ2n) is 5.02. The molecule has 1 aliphatic heterocycles. The van der Waals surface area contributed by atoms with Crippen LogP contribution >= 0.6 is 15.9 Å². The van der Waals surface area contributed by atoms with Gasteiger partial charge in [0.15, 0.2) is 0 Å². The van der Waals surface area contributed by atoms with Gasteiger partial charge in [0.25, 0.3) is 0 Å². The normalized spacial score (nSPS) is 24.8. The summed E-state index contributed by atoms with van der Waals surface area (Å²) in [5.41, 5.74) is 1.13. The van der Waals surface area contributed by atoms with E-state index in [4.69, 9.17) is 0 Å². The lowest BCUT2D eigenvalue weighted by molar-refractivity contribution is -0.126. The highest BCUT2D eigenvalue weighted by Gasteiger charge is 2.30. The van der Waals surface area contributed by atoms with E-state index in [1.165, 1.54) is 0 Å². The van der Waals surface area contributed by atoms with Crippen LogP contribution in [0.4, 0.5) is 0 Å². The van der Waals surface area contributed by atoms with Gasteiger partial charge in [0, 0.05) is 11.0 Å². The lowest BCUT2D eigenvalue weighted by Gasteiger charge is -2.19. The molecule has 1 heterocycles. The number of halogens is 1. The maximum atomic E-state index is 12.1. The van der Waals surface area contributed by atoms with Crippen molar-refractivity contribution in [1.29, 1.82) is 0 Å². The summed E-state index contributed by atoms with van der Waals surface area (Å²) in [5.74, 6) is 0.674. The SMILES string of the molecule is CC(NC(=O)[C@@H]1CNC[C@H]1C)c1ccc(Br)cc1. The molecule has 0 spiro atoms. The van der Waals surface area contributed by atoms with E-state index in [9.17, 15) is 4.79 Å². The third-order valence-corrected chi connectivity index (χ3v) is 4.11. The molecule has 1 aromatic carbocycles. The van der Waals surface area contributed by atoms with Crippen LogP contribution in [0.2, 0.25) is 0 Å². The number of benzene rings is 1. The Labute approximate surface area is 116 Å². The minimum Gasteiger partial charge on any atom is -0.349 e. The van der Waals surface area contributed by atoms with Gasteiger partial charge < -0.3 is 10.6 Å². The first-order valence-electron chi connectivity index (χ1n) is 6.34. The Balaban J connectivity index is 1.96. The third kappa shape index (κ3) is 3.12. The number of hydrogen-bond donors (Lipinski definition) is 2. The van der Waals surface area contributed by atoms with Gasteiger partial charge in [0.05, 0.1) is 12.0 Å². The highest BCUT2D eigenvalue weighted by atomic mass is 79.9. The van der Waals surface area contributed by atoms with E-state index in [1.54, 1.807) is 0 Å². The van der Waals surface area contributed by atoms with Crippen LogP contribution in [0.1, 0.15) is 25.5 Å². The van der Waals surface area contributed by atoms with Crippen LogP contribution in [0.3, 0.4) is 0 Å². The minimum atomic E-state index is 0.0541. The highest BCUT2D eigenvalue weighted by Crippen LogP contribution is 2.20. The fourth-order valence-electron chi connectivity index (χ4n) is 2.32. The van der Waals surface area contributed by atoms with Crippen LogP contribution in [-0.4, -0.2) is 19.0 Å². The average molecular weight is 311 g/mol. The monoisotopic (exact) mass is 310 g/mol. The predicted octanol–water partition coefficient (Wildman–Crippen LogP) is 2.48. The summed E-state index contributed by atoms with van der Waals surface area (Å²) in [5, 5.41) is 6.35. The zero-order valence-electron chi connectivity index (χ0n) is 10.7. The molecule has 1 aliphatic rings. The van der Waals surface area contributed by atoms with Crippen molar-refractivity contribution in [3.8, 4) is 0 Å². The van der Waals surface area contributed by atoms with Crippen LogP contribution in [0.5, 0.6) is 0 Å². The fraction of sp³-hybridized carbons (Fsp3) is 0.500. The van der Waals surface area contributed by atoms with Crippen LogP contribution in [-0.2, 0) is 4.79 Å². The molecule has 1 saturated heterocycles. The van der Waals surface area contributed by atoms with Gasteiger partial charge in [-0.05, 0) is 37.1 Å². The van der Waals surface area contributed by atoms with E-state index in [2.05, 4.69) is 33.5 Å². The Bertz CT molecular complexity index is 418. The quantitative estimate of drug-likeness (QED) is 0.900. The number of amides is 1. The van der Waals surface area contributed by atoms with Crippen LogP contribution < -0.4 is 10.6 Å². The van der Waals surface area contributed by atoms with Gasteiger partial charge in [-0.3, -0.25) is 4.79 Å². The van der Waals surface area contributed by atoms with Crippen LogP contribution in [0, 0.1) is 11.8 Å². The van der Waals surface area contributed by atoms with E-state index in [0.29, 0.717) is 5.92 Å². The lowest BCUT2D eigenvalue weighted by atomic mass is 9.96. The van der Waals surface area contributed by atoms with Gasteiger partial charge >= 0.3 is 0 Å². The van der Waals surface area contributed by atoms with Crippen molar-refractivity contribution in [2.24, 2.45) is 11.8 Å². The first-order chi connectivity index (χ1) is 8.58. The molecule has 1 fully saturated rings. The average Bonchev–Trinajstić information content (AvgIpc) is 2.76. The lowest BCUT2D eigenvalue weighted by Crippen LogP contribution is -2.35. The van der Waals surface area contributed by atoms with Gasteiger partial charge in [-0.15, -0.1) is 0 Å². The van der Waals surface area contributed by atoms with Gasteiger partial charge in [-0.2, -0.15) is 0 Å². The van der Waals surface area contributed by atoms with E-state index >= 15 is 0 Å². The Morgan fingerprint density at radius 2 is 2.06 bits per heavy atom. The van der Waals surface area contributed by atoms with E-state index in [-0.39, 0.29) is 17.9 Å². The summed E-state index contributed by atoms with van der Waals surface area (Å²) >= 11 is 3.41. The summed E-state index contributed by atoms with van der Waals surface area (Å²) in [6.07, 6.45) is 0. The highest BCUT2D eigenvalue weighted by molar-refractivity contribution is 9.10. The molecule has 1 unspecified atom stereocenters. The number of rotatable bonds is 3. The molecule has 1 aromatic rings. The van der Waals surface area contributed by atoms with Gasteiger partial charge in [0.1, 0.15) is 0 Å². The maximum Gasteiger partial charge on any atom is 0.225 e. The topological polar surface area (TPSA) is 41.1 Å². The molecule has 0 radical (unpaired) electrons. The number of nitrogens with one attached hydrogen (secondary N) is 2. The van der Waals surface area contributed by atoms with E-state index < -0.39 is 0 Å². The molecule has 4 heteroatoms. The molecule has 0 bridgehead atoms. The van der Waals surface area contributed by atoms with Crippen molar-refractivity contribution in [3.05, 3.63) is 34.3 Å². The molecule has 2 rings (SSSR count). The predicted molar refractivity (Wildman–Crippen MR) is 76.2 cm³/mol. The van der Waals surface area contributed by atoms with Crippen LogP contribution in [0.15, 0.2) is 28.7 Å². The second kappa shape index (κ2) is 5.85. The molecule has 0 aromatic heterocycles. The molecule has 0 aliphatic carbocycles. The summed E-state index contributed by atoms with van der Waals surface area (Å²) in [7, 11) is 0. The molecule has 3 nitrogen and oxygen atoms in total. The van der Waals surface area contributed by atoms with Crippen molar-refractivity contribution < 1.29 is 4.79 Å². The Kier molecular flexibility index (Phi) is 4.40. The van der Waals surface area contributed by atoms with Gasteiger partial charge in [-0.25, -0.2) is 0 Å². The summed E-state index contributed by atoms with van der Waals surface area (Å²) in [6, 6.07) is 8.12. The maximum absolute atomic E-state index is 12.1. The smallest absolute Gasteiger partial charge is 0.225 e. The Morgan fingerprint density at radius 3 is 2.61 bits per heavy atom. The summed E-state index contributed by atoms with van der Waals surface area (Å²) < 4.78 is 1.05. The zero-order valence-corrected chi connectivity index (χ0v) is 12.3. The Morgan fingerprint density at radius 1 is 1.39 bits per heavy atom.